The van der Waals surface area contributed by atoms with Crippen LogP contribution in [0.25, 0.3) is 0 Å². The van der Waals surface area contributed by atoms with Crippen LogP contribution in [0.2, 0.25) is 0 Å². The molecule has 0 saturated carbocycles. The summed E-state index contributed by atoms with van der Waals surface area (Å²) in [6.45, 7) is 0.400. The molecule has 3 rings (SSSR count). The van der Waals surface area contributed by atoms with Crippen LogP contribution in [0.15, 0.2) is 48.5 Å². The molecule has 2 aromatic rings. The molecule has 0 spiro atoms. The second kappa shape index (κ2) is 8.25. The molecule has 146 valence electrons. The Labute approximate surface area is 162 Å². The van der Waals surface area contributed by atoms with Gasteiger partial charge in [-0.15, -0.1) is 0 Å². The number of fused-ring (bicyclic) bond motifs is 1. The minimum Gasteiger partial charge on any atom is -0.489 e. The number of Topliss-reactive ketones (excluding diaryl/α,β-unsaturated/α-hetero) is 1. The highest BCUT2D eigenvalue weighted by Crippen LogP contribution is 2.45. The van der Waals surface area contributed by atoms with E-state index in [1.165, 1.54) is 0 Å². The molecule has 6 heteroatoms. The van der Waals surface area contributed by atoms with Crippen molar-refractivity contribution in [3.8, 4) is 5.75 Å². The van der Waals surface area contributed by atoms with Crippen LogP contribution in [0.1, 0.15) is 47.2 Å². The summed E-state index contributed by atoms with van der Waals surface area (Å²) < 4.78 is 5.82. The van der Waals surface area contributed by atoms with E-state index in [0.717, 1.165) is 11.1 Å². The molecule has 0 unspecified atom stereocenters. The van der Waals surface area contributed by atoms with Crippen molar-refractivity contribution in [1.29, 1.82) is 0 Å². The Bertz CT molecular complexity index is 869. The largest absolute Gasteiger partial charge is 0.489 e. The molecule has 2 aromatic carbocycles. The number of ketones is 1. The number of carboxylic acids is 2. The van der Waals surface area contributed by atoms with E-state index in [1.807, 2.05) is 30.3 Å². The number of rotatable bonds is 9. The molecule has 0 saturated heterocycles. The zero-order valence-electron chi connectivity index (χ0n) is 15.4. The molecule has 0 atom stereocenters. The summed E-state index contributed by atoms with van der Waals surface area (Å²) in [5.74, 6) is -1.53. The third kappa shape index (κ3) is 4.39. The molecule has 2 N–H and O–H groups in total. The van der Waals surface area contributed by atoms with Gasteiger partial charge in [0, 0.05) is 23.8 Å². The van der Waals surface area contributed by atoms with Gasteiger partial charge >= 0.3 is 11.9 Å². The minimum atomic E-state index is -0.995. The first-order valence-electron chi connectivity index (χ1n) is 9.18. The molecular weight excluding hydrogens is 360 g/mol. The first kappa shape index (κ1) is 19.6. The highest BCUT2D eigenvalue weighted by molar-refractivity contribution is 6.05. The Hall–Kier alpha value is -3.15. The first-order valence-corrected chi connectivity index (χ1v) is 9.18. The third-order valence-corrected chi connectivity index (χ3v) is 5.22. The lowest BCUT2D eigenvalue weighted by Crippen LogP contribution is -2.30. The number of aliphatic carboxylic acids is 2. The van der Waals surface area contributed by atoms with Crippen LogP contribution in [-0.2, 0) is 22.6 Å². The Morgan fingerprint density at radius 1 is 0.964 bits per heavy atom. The van der Waals surface area contributed by atoms with Crippen molar-refractivity contribution >= 4 is 17.7 Å². The average molecular weight is 382 g/mol. The minimum absolute atomic E-state index is 0.128. The van der Waals surface area contributed by atoms with Crippen molar-refractivity contribution in [2.75, 3.05) is 0 Å². The van der Waals surface area contributed by atoms with Gasteiger partial charge in [0.2, 0.25) is 0 Å². The summed E-state index contributed by atoms with van der Waals surface area (Å²) in [7, 11) is 0. The lowest BCUT2D eigenvalue weighted by molar-refractivity contribution is -0.137. The third-order valence-electron chi connectivity index (χ3n) is 5.22. The molecule has 0 amide bonds. The molecule has 6 nitrogen and oxygen atoms in total. The summed E-state index contributed by atoms with van der Waals surface area (Å²) in [6.07, 6.45) is 0.254. The first-order chi connectivity index (χ1) is 13.4. The summed E-state index contributed by atoms with van der Waals surface area (Å²) >= 11 is 0. The van der Waals surface area contributed by atoms with Crippen molar-refractivity contribution < 1.29 is 29.3 Å². The van der Waals surface area contributed by atoms with Crippen LogP contribution in [0, 0.1) is 5.41 Å². The van der Waals surface area contributed by atoms with Crippen molar-refractivity contribution in [2.24, 2.45) is 5.41 Å². The van der Waals surface area contributed by atoms with Gasteiger partial charge in [-0.25, -0.2) is 0 Å². The second-order valence-corrected chi connectivity index (χ2v) is 7.17. The monoisotopic (exact) mass is 382 g/mol. The van der Waals surface area contributed by atoms with E-state index in [9.17, 15) is 14.4 Å². The van der Waals surface area contributed by atoms with Crippen LogP contribution in [0.5, 0.6) is 5.75 Å². The normalized spacial score (nSPS) is 14.5. The number of ether oxygens (including phenoxy) is 1. The smallest absolute Gasteiger partial charge is 0.303 e. The molecule has 1 aliphatic rings. The van der Waals surface area contributed by atoms with E-state index >= 15 is 0 Å². The van der Waals surface area contributed by atoms with Gasteiger partial charge in [0.25, 0.3) is 0 Å². The predicted molar refractivity (Wildman–Crippen MR) is 101 cm³/mol. The van der Waals surface area contributed by atoms with Gasteiger partial charge in [0.05, 0.1) is 0 Å². The number of benzene rings is 2. The van der Waals surface area contributed by atoms with Gasteiger partial charge in [0.15, 0.2) is 5.78 Å². The zero-order chi connectivity index (χ0) is 20.1. The average Bonchev–Trinajstić information content (AvgIpc) is 2.96. The summed E-state index contributed by atoms with van der Waals surface area (Å²) in [5, 5.41) is 18.1. The summed E-state index contributed by atoms with van der Waals surface area (Å²) in [5.41, 5.74) is 1.36. The van der Waals surface area contributed by atoms with Crippen molar-refractivity contribution in [3.63, 3.8) is 0 Å². The molecule has 0 heterocycles. The Kier molecular flexibility index (Phi) is 5.78. The Balaban J connectivity index is 1.78. The van der Waals surface area contributed by atoms with Crippen molar-refractivity contribution in [3.05, 3.63) is 65.2 Å². The number of hydrogen-bond acceptors (Lipinski definition) is 4. The fourth-order valence-corrected chi connectivity index (χ4v) is 3.72. The fourth-order valence-electron chi connectivity index (χ4n) is 3.72. The fraction of sp³-hybridized carbons (Fsp3) is 0.318. The highest BCUT2D eigenvalue weighted by atomic mass is 16.5. The SMILES string of the molecule is O=C(O)CCC1(CCC(=O)O)Cc2cc(OCc3ccccc3)ccc2C1=O. The number of carboxylic acid groups (broad SMARTS) is 2. The second-order valence-electron chi connectivity index (χ2n) is 7.17. The maximum absolute atomic E-state index is 13.0. The summed E-state index contributed by atoms with van der Waals surface area (Å²) in [6, 6.07) is 14.9. The topological polar surface area (TPSA) is 101 Å². The standard InChI is InChI=1S/C22H22O6/c23-19(24)8-10-22(11-9-20(25)26)13-16-12-17(6-7-18(16)21(22)27)28-14-15-4-2-1-3-5-15/h1-7,12H,8-11,13-14H2,(H,23,24)(H,25,26). The molecule has 1 aliphatic carbocycles. The van der Waals surface area contributed by atoms with Gasteiger partial charge in [0.1, 0.15) is 12.4 Å². The molecule has 0 aromatic heterocycles. The maximum atomic E-state index is 13.0. The van der Waals surface area contributed by atoms with Crippen LogP contribution in [0.4, 0.5) is 0 Å². The molecule has 0 radical (unpaired) electrons. The van der Waals surface area contributed by atoms with Gasteiger partial charge in [-0.05, 0) is 48.6 Å². The lowest BCUT2D eigenvalue weighted by Gasteiger charge is -2.26. The number of hydrogen-bond donors (Lipinski definition) is 2. The van der Waals surface area contributed by atoms with Crippen molar-refractivity contribution in [1.82, 2.24) is 0 Å². The highest BCUT2D eigenvalue weighted by Gasteiger charge is 2.45. The van der Waals surface area contributed by atoms with Crippen LogP contribution < -0.4 is 4.74 Å². The van der Waals surface area contributed by atoms with Gasteiger partial charge < -0.3 is 14.9 Å². The number of carbonyl (C=O) groups excluding carboxylic acids is 1. The molecule has 0 bridgehead atoms. The van der Waals surface area contributed by atoms with Crippen LogP contribution in [0.3, 0.4) is 0 Å². The van der Waals surface area contributed by atoms with Gasteiger partial charge in [-0.1, -0.05) is 30.3 Å². The van der Waals surface area contributed by atoms with Crippen LogP contribution >= 0.6 is 0 Å². The Morgan fingerprint density at radius 2 is 1.61 bits per heavy atom. The molecule has 0 fully saturated rings. The lowest BCUT2D eigenvalue weighted by atomic mass is 9.75. The maximum Gasteiger partial charge on any atom is 0.303 e. The van der Waals surface area contributed by atoms with Crippen molar-refractivity contribution in [2.45, 2.75) is 38.7 Å². The van der Waals surface area contributed by atoms with E-state index in [0.29, 0.717) is 24.3 Å². The number of carbonyl (C=O) groups is 3. The van der Waals surface area contributed by atoms with E-state index < -0.39 is 17.4 Å². The van der Waals surface area contributed by atoms with E-state index in [2.05, 4.69) is 0 Å². The Morgan fingerprint density at radius 3 is 2.21 bits per heavy atom. The van der Waals surface area contributed by atoms with E-state index in [4.69, 9.17) is 14.9 Å². The van der Waals surface area contributed by atoms with E-state index in [-0.39, 0.29) is 31.5 Å². The summed E-state index contributed by atoms with van der Waals surface area (Å²) in [4.78, 5) is 35.1. The molecule has 28 heavy (non-hydrogen) atoms. The van der Waals surface area contributed by atoms with Gasteiger partial charge in [-0.2, -0.15) is 0 Å². The zero-order valence-corrected chi connectivity index (χ0v) is 15.4. The van der Waals surface area contributed by atoms with Crippen LogP contribution in [-0.4, -0.2) is 27.9 Å². The quantitative estimate of drug-likeness (QED) is 0.685. The van der Waals surface area contributed by atoms with E-state index in [1.54, 1.807) is 18.2 Å². The predicted octanol–water partition coefficient (Wildman–Crippen LogP) is 3.72. The molecular formula is C22H22O6. The van der Waals surface area contributed by atoms with Gasteiger partial charge in [-0.3, -0.25) is 14.4 Å². The molecule has 0 aliphatic heterocycles.